The first-order chi connectivity index (χ1) is 16.8. The number of carbonyl (C=O) groups excluding carboxylic acids is 1. The van der Waals surface area contributed by atoms with Gasteiger partial charge in [0.2, 0.25) is 15.0 Å². The Hall–Kier alpha value is -3.57. The minimum atomic E-state index is -3.32. The number of carboxylic acids is 1. The van der Waals surface area contributed by atoms with Crippen molar-refractivity contribution in [2.45, 2.75) is 23.1 Å². The Morgan fingerprint density at radius 3 is 2.29 bits per heavy atom. The molecule has 0 saturated carbocycles. The zero-order chi connectivity index (χ0) is 24.6. The van der Waals surface area contributed by atoms with Crippen LogP contribution >= 0.6 is 11.8 Å². The number of aliphatic carboxylic acids is 1. The van der Waals surface area contributed by atoms with Gasteiger partial charge in [-0.3, -0.25) is 4.79 Å². The molecule has 3 aromatic rings. The quantitative estimate of drug-likeness (QED) is 0.406. The van der Waals surface area contributed by atoms with Crippen LogP contribution in [0.5, 0.6) is 0 Å². The van der Waals surface area contributed by atoms with Crippen molar-refractivity contribution in [3.63, 3.8) is 0 Å². The molecule has 9 nitrogen and oxygen atoms in total. The molecule has 0 aliphatic carbocycles. The van der Waals surface area contributed by atoms with E-state index in [0.29, 0.717) is 23.6 Å². The Balaban J connectivity index is 0.000000166. The molecule has 6 rings (SSSR count). The lowest BCUT2D eigenvalue weighted by Crippen LogP contribution is -2.56. The van der Waals surface area contributed by atoms with Gasteiger partial charge in [0.05, 0.1) is 17.0 Å². The summed E-state index contributed by atoms with van der Waals surface area (Å²) in [5, 5.41) is 12.1. The first kappa shape index (κ1) is 23.2. The Morgan fingerprint density at radius 1 is 1.09 bits per heavy atom. The van der Waals surface area contributed by atoms with Gasteiger partial charge in [-0.1, -0.05) is 36.4 Å². The third-order valence-corrected chi connectivity index (χ3v) is 8.72. The zero-order valence-electron chi connectivity index (χ0n) is 18.4. The van der Waals surface area contributed by atoms with E-state index in [2.05, 4.69) is 10.3 Å². The number of carbonyl (C=O) groups is 2. The molecule has 2 aromatic carbocycles. The average molecular weight is 511 g/mol. The lowest BCUT2D eigenvalue weighted by Gasteiger charge is -2.38. The second kappa shape index (κ2) is 9.23. The largest absolute Gasteiger partial charge is 0.480 e. The molecule has 0 radical (unpaired) electrons. The summed E-state index contributed by atoms with van der Waals surface area (Å²) in [4.78, 5) is 28.6. The van der Waals surface area contributed by atoms with Gasteiger partial charge in [-0.05, 0) is 30.3 Å². The summed E-state index contributed by atoms with van der Waals surface area (Å²) in [7, 11) is -3.32. The van der Waals surface area contributed by atoms with Gasteiger partial charge >= 0.3 is 5.97 Å². The van der Waals surface area contributed by atoms with Gasteiger partial charge in [-0.15, -0.1) is 11.8 Å². The van der Waals surface area contributed by atoms with Crippen molar-refractivity contribution < 1.29 is 23.1 Å². The second-order valence-electron chi connectivity index (χ2n) is 8.17. The first-order valence-electron chi connectivity index (χ1n) is 10.9. The number of β-lactam (4-membered cyclic amide) rings is 1. The fourth-order valence-electron chi connectivity index (χ4n) is 4.08. The molecule has 180 valence electrons. The number of amides is 1. The zero-order valence-corrected chi connectivity index (χ0v) is 20.1. The third kappa shape index (κ3) is 4.56. The molecule has 11 heteroatoms. The van der Waals surface area contributed by atoms with E-state index in [1.807, 2.05) is 60.7 Å². The average Bonchev–Trinajstić information content (AvgIpc) is 3.52. The molecule has 2 fully saturated rings. The monoisotopic (exact) mass is 510 g/mol. The number of nitrogens with zero attached hydrogens (tertiary/aromatic N) is 3. The van der Waals surface area contributed by atoms with Crippen LogP contribution in [-0.4, -0.2) is 62.8 Å². The molecule has 35 heavy (non-hydrogen) atoms. The van der Waals surface area contributed by atoms with Crippen LogP contribution in [0.15, 0.2) is 77.6 Å². The topological polar surface area (TPSA) is 122 Å². The van der Waals surface area contributed by atoms with Gasteiger partial charge in [0.15, 0.2) is 0 Å². The lowest BCUT2D eigenvalue weighted by atomic mass is 10.0. The number of thioether (sulfide) groups is 1. The fourth-order valence-corrected chi connectivity index (χ4v) is 6.87. The predicted octanol–water partition coefficient (Wildman–Crippen LogP) is 2.85. The normalized spacial score (nSPS) is 22.6. The highest BCUT2D eigenvalue weighted by molar-refractivity contribution is 8.00. The third-order valence-electron chi connectivity index (χ3n) is 5.81. The van der Waals surface area contributed by atoms with Gasteiger partial charge in [0, 0.05) is 29.9 Å². The second-order valence-corrected chi connectivity index (χ2v) is 11.3. The van der Waals surface area contributed by atoms with Crippen molar-refractivity contribution in [1.29, 1.82) is 0 Å². The van der Waals surface area contributed by atoms with E-state index < -0.39 is 21.8 Å². The Morgan fingerprint density at radius 2 is 1.71 bits per heavy atom. The van der Waals surface area contributed by atoms with Crippen LogP contribution in [0.4, 0.5) is 11.4 Å². The number of nitrogens with one attached hydrogen (secondary N) is 1. The van der Waals surface area contributed by atoms with Crippen LogP contribution in [0.25, 0.3) is 6.08 Å². The van der Waals surface area contributed by atoms with Crippen molar-refractivity contribution in [2.75, 3.05) is 16.8 Å². The predicted molar refractivity (Wildman–Crippen MR) is 133 cm³/mol. The maximum Gasteiger partial charge on any atom is 0.327 e. The van der Waals surface area contributed by atoms with E-state index in [-0.39, 0.29) is 22.2 Å². The van der Waals surface area contributed by atoms with Gasteiger partial charge < -0.3 is 19.9 Å². The van der Waals surface area contributed by atoms with E-state index >= 15 is 0 Å². The number of rotatable bonds is 4. The van der Waals surface area contributed by atoms with E-state index in [0.717, 1.165) is 11.4 Å². The molecule has 0 bridgehead atoms. The molecule has 2 atom stereocenters. The number of carboxylic acid groups (broad SMARTS) is 1. The summed E-state index contributed by atoms with van der Waals surface area (Å²) in [5.41, 5.74) is 3.13. The minimum Gasteiger partial charge on any atom is -0.480 e. The standard InChI is InChI=1S/C12H11N3O5S2.C12H11N/c16-9-7(10-15(9)8(5-21-10)11(17)18)3-6-4-14-1-2-22(19,20)12(14)13-6;1-3-7-11(8-4-1)13-12-9-5-2-6-10-12/h3-4,8,10H,1-2,5H2,(H,17,18);1-10,13H/t8?,10-;/m1./s1. The SMILES string of the molecule is O=C(O)C1CS[C@@H]2C(=Cc3cn4c(n3)S(=O)(=O)CC4)C(=O)N12.c1ccc(Nc2ccccc2)cc1. The Bertz CT molecular complexity index is 1370. The molecule has 2 saturated heterocycles. The summed E-state index contributed by atoms with van der Waals surface area (Å²) < 4.78 is 25.1. The van der Waals surface area contributed by atoms with Crippen LogP contribution in [0.1, 0.15) is 5.69 Å². The molecule has 1 aromatic heterocycles. The number of anilines is 2. The molecule has 4 heterocycles. The van der Waals surface area contributed by atoms with E-state index in [1.165, 1.54) is 16.7 Å². The number of hydrogen-bond donors (Lipinski definition) is 2. The summed E-state index contributed by atoms with van der Waals surface area (Å²) in [6, 6.07) is 19.5. The van der Waals surface area contributed by atoms with Crippen LogP contribution in [0, 0.1) is 0 Å². The number of imidazole rings is 1. The summed E-state index contributed by atoms with van der Waals surface area (Å²) in [5.74, 6) is -0.915. The van der Waals surface area contributed by atoms with Crippen molar-refractivity contribution in [1.82, 2.24) is 14.5 Å². The summed E-state index contributed by atoms with van der Waals surface area (Å²) in [6.45, 7) is 0.368. The van der Waals surface area contributed by atoms with Gasteiger partial charge in [0.25, 0.3) is 5.91 Å². The number of fused-ring (bicyclic) bond motifs is 2. The van der Waals surface area contributed by atoms with E-state index in [1.54, 1.807) is 16.8 Å². The Kier molecular flexibility index (Phi) is 6.12. The van der Waals surface area contributed by atoms with Crippen LogP contribution in [0.2, 0.25) is 0 Å². The minimum absolute atomic E-state index is 0.0328. The van der Waals surface area contributed by atoms with Gasteiger partial charge in [-0.25, -0.2) is 18.2 Å². The first-order valence-corrected chi connectivity index (χ1v) is 13.6. The molecular formula is C24H22N4O5S2. The van der Waals surface area contributed by atoms with Crippen molar-refractivity contribution in [3.8, 4) is 0 Å². The van der Waals surface area contributed by atoms with Crippen LogP contribution in [-0.2, 0) is 26.0 Å². The van der Waals surface area contributed by atoms with Crippen molar-refractivity contribution in [2.24, 2.45) is 0 Å². The highest BCUT2D eigenvalue weighted by atomic mass is 32.2. The van der Waals surface area contributed by atoms with Crippen molar-refractivity contribution in [3.05, 3.63) is 78.1 Å². The highest BCUT2D eigenvalue weighted by Gasteiger charge is 2.53. The lowest BCUT2D eigenvalue weighted by molar-refractivity contribution is -0.150. The van der Waals surface area contributed by atoms with Gasteiger partial charge in [-0.2, -0.15) is 0 Å². The van der Waals surface area contributed by atoms with E-state index in [9.17, 15) is 18.0 Å². The van der Waals surface area contributed by atoms with Crippen molar-refractivity contribution >= 4 is 50.9 Å². The molecule has 1 unspecified atom stereocenters. The summed E-state index contributed by atoms with van der Waals surface area (Å²) in [6.07, 6.45) is 3.17. The molecule has 3 aliphatic heterocycles. The van der Waals surface area contributed by atoms with E-state index in [4.69, 9.17) is 5.11 Å². The molecule has 0 spiro atoms. The maximum atomic E-state index is 12.1. The number of sulfone groups is 1. The molecule has 3 aliphatic rings. The highest BCUT2D eigenvalue weighted by Crippen LogP contribution is 2.43. The van der Waals surface area contributed by atoms with Crippen LogP contribution < -0.4 is 5.32 Å². The molecular weight excluding hydrogens is 488 g/mol. The van der Waals surface area contributed by atoms with Gasteiger partial charge in [0.1, 0.15) is 11.4 Å². The molecule has 2 N–H and O–H groups in total. The number of aryl methyl sites for hydroxylation is 1. The smallest absolute Gasteiger partial charge is 0.327 e. The van der Waals surface area contributed by atoms with Crippen LogP contribution in [0.3, 0.4) is 0 Å². The summed E-state index contributed by atoms with van der Waals surface area (Å²) >= 11 is 1.39. The number of benzene rings is 2. The number of hydrogen-bond acceptors (Lipinski definition) is 7. The Labute approximate surface area is 206 Å². The molecule has 1 amide bonds. The maximum absolute atomic E-state index is 12.1. The number of para-hydroxylation sites is 2. The fraction of sp³-hybridized carbons (Fsp3) is 0.208. The number of aromatic nitrogens is 2.